The Hall–Kier alpha value is -3.36. The average Bonchev–Trinajstić information content (AvgIpc) is 2.85. The number of carbonyl (C=O) groups excluding carboxylic acids is 1. The molecule has 1 fully saturated rings. The fraction of sp³-hybridized carbons (Fsp3) is 0.269. The lowest BCUT2D eigenvalue weighted by atomic mass is 9.92. The zero-order valence-corrected chi connectivity index (χ0v) is 18.6. The molecule has 1 aliphatic heterocycles. The van der Waals surface area contributed by atoms with Gasteiger partial charge in [0.2, 0.25) is 0 Å². The lowest BCUT2D eigenvalue weighted by Gasteiger charge is -2.41. The second kappa shape index (κ2) is 10.3. The first-order chi connectivity index (χ1) is 16.3. The van der Waals surface area contributed by atoms with Gasteiger partial charge in [0.05, 0.1) is 11.6 Å². The van der Waals surface area contributed by atoms with E-state index in [2.05, 4.69) is 22.3 Å². The van der Waals surface area contributed by atoms with E-state index in [-0.39, 0.29) is 18.1 Å². The fourth-order valence-corrected chi connectivity index (χ4v) is 4.30. The molecule has 0 bridgehead atoms. The van der Waals surface area contributed by atoms with Gasteiger partial charge in [0, 0.05) is 37.9 Å². The summed E-state index contributed by atoms with van der Waals surface area (Å²) >= 11 is 0. The Morgan fingerprint density at radius 1 is 0.794 bits per heavy atom. The van der Waals surface area contributed by atoms with Gasteiger partial charge in [-0.15, -0.1) is 0 Å². The molecule has 4 rings (SSSR count). The number of piperazine rings is 1. The van der Waals surface area contributed by atoms with Crippen LogP contribution in [0.1, 0.15) is 28.8 Å². The van der Waals surface area contributed by atoms with E-state index in [1.807, 2.05) is 48.5 Å². The van der Waals surface area contributed by atoms with Crippen LogP contribution in [0.2, 0.25) is 0 Å². The number of anilines is 1. The molecule has 8 heteroatoms. The van der Waals surface area contributed by atoms with Gasteiger partial charge in [-0.2, -0.15) is 13.2 Å². The molecule has 5 nitrogen and oxygen atoms in total. The Kier molecular flexibility index (Phi) is 7.19. The van der Waals surface area contributed by atoms with Crippen molar-refractivity contribution in [2.24, 2.45) is 5.73 Å². The number of hydrogen-bond donors (Lipinski definition) is 2. The van der Waals surface area contributed by atoms with E-state index in [4.69, 9.17) is 5.73 Å². The molecule has 34 heavy (non-hydrogen) atoms. The number of nitrogens with zero attached hydrogens (tertiary/aromatic N) is 2. The Morgan fingerprint density at radius 2 is 1.32 bits per heavy atom. The highest BCUT2D eigenvalue weighted by Crippen LogP contribution is 2.33. The predicted molar refractivity (Wildman–Crippen MR) is 126 cm³/mol. The van der Waals surface area contributed by atoms with Crippen molar-refractivity contribution in [2.75, 3.05) is 31.5 Å². The Morgan fingerprint density at radius 3 is 1.85 bits per heavy atom. The van der Waals surface area contributed by atoms with Crippen LogP contribution >= 0.6 is 0 Å². The van der Waals surface area contributed by atoms with E-state index in [9.17, 15) is 18.0 Å². The molecule has 1 saturated heterocycles. The second-order valence-electron chi connectivity index (χ2n) is 8.32. The third-order valence-corrected chi connectivity index (χ3v) is 6.12. The molecular weight excluding hydrogens is 441 g/mol. The summed E-state index contributed by atoms with van der Waals surface area (Å²) < 4.78 is 38.3. The van der Waals surface area contributed by atoms with Gasteiger partial charge >= 0.3 is 12.2 Å². The highest BCUT2D eigenvalue weighted by molar-refractivity contribution is 5.89. The minimum atomic E-state index is -4.41. The molecule has 178 valence electrons. The summed E-state index contributed by atoms with van der Waals surface area (Å²) in [6, 6.07) is 23.9. The molecule has 0 aliphatic carbocycles. The predicted octanol–water partition coefficient (Wildman–Crippen LogP) is 5.30. The molecule has 2 amide bonds. The first kappa shape index (κ1) is 23.8. The minimum absolute atomic E-state index is 0.0521. The van der Waals surface area contributed by atoms with Crippen molar-refractivity contribution in [3.8, 4) is 0 Å². The third-order valence-electron chi connectivity index (χ3n) is 6.12. The summed E-state index contributed by atoms with van der Waals surface area (Å²) in [5.74, 6) is 0. The number of nitrogens with two attached hydrogens (primary N) is 1. The average molecular weight is 469 g/mol. The van der Waals surface area contributed by atoms with Crippen LogP contribution in [0.5, 0.6) is 0 Å². The summed E-state index contributed by atoms with van der Waals surface area (Å²) in [6.07, 6.45) is -4.41. The first-order valence-corrected chi connectivity index (χ1v) is 11.2. The lowest BCUT2D eigenvalue weighted by molar-refractivity contribution is -0.137. The van der Waals surface area contributed by atoms with Gasteiger partial charge in [0.1, 0.15) is 0 Å². The Labute approximate surface area is 197 Å². The maximum Gasteiger partial charge on any atom is 0.416 e. The molecular formula is C26H27F3N4O. The van der Waals surface area contributed by atoms with Crippen LogP contribution in [0.15, 0.2) is 84.9 Å². The monoisotopic (exact) mass is 468 g/mol. The molecule has 2 unspecified atom stereocenters. The zero-order valence-electron chi connectivity index (χ0n) is 18.6. The zero-order chi connectivity index (χ0) is 24.1. The van der Waals surface area contributed by atoms with Gasteiger partial charge < -0.3 is 16.0 Å². The molecule has 0 radical (unpaired) electrons. The highest BCUT2D eigenvalue weighted by atomic mass is 19.4. The Bertz CT molecular complexity index is 1070. The van der Waals surface area contributed by atoms with Crippen LogP contribution in [-0.2, 0) is 6.18 Å². The fourth-order valence-electron chi connectivity index (χ4n) is 4.30. The van der Waals surface area contributed by atoms with E-state index in [1.165, 1.54) is 12.1 Å². The minimum Gasteiger partial charge on any atom is -0.322 e. The maximum absolute atomic E-state index is 12.8. The summed E-state index contributed by atoms with van der Waals surface area (Å²) in [4.78, 5) is 16.7. The summed E-state index contributed by atoms with van der Waals surface area (Å²) in [5, 5.41) is 2.69. The van der Waals surface area contributed by atoms with Crippen LogP contribution in [0.4, 0.5) is 23.7 Å². The van der Waals surface area contributed by atoms with Crippen molar-refractivity contribution < 1.29 is 18.0 Å². The van der Waals surface area contributed by atoms with Gasteiger partial charge in [-0.3, -0.25) is 4.90 Å². The SMILES string of the molecule is NC(c1ccccc1)C(c1ccccc1)N1CCN(C(=O)Nc2ccc(C(F)(F)F)cc2)CC1. The third kappa shape index (κ3) is 5.58. The van der Waals surface area contributed by atoms with Gasteiger partial charge in [0.15, 0.2) is 0 Å². The molecule has 3 aromatic carbocycles. The smallest absolute Gasteiger partial charge is 0.322 e. The van der Waals surface area contributed by atoms with E-state index in [1.54, 1.807) is 4.90 Å². The number of alkyl halides is 3. The van der Waals surface area contributed by atoms with E-state index in [0.717, 1.165) is 23.3 Å². The summed E-state index contributed by atoms with van der Waals surface area (Å²) in [6.45, 7) is 2.22. The normalized spacial score (nSPS) is 16.6. The van der Waals surface area contributed by atoms with Crippen LogP contribution < -0.4 is 11.1 Å². The molecule has 0 spiro atoms. The summed E-state index contributed by atoms with van der Waals surface area (Å²) in [5.41, 5.74) is 8.46. The first-order valence-electron chi connectivity index (χ1n) is 11.2. The van der Waals surface area contributed by atoms with Crippen molar-refractivity contribution >= 4 is 11.7 Å². The van der Waals surface area contributed by atoms with Crippen LogP contribution in [0, 0.1) is 0 Å². The van der Waals surface area contributed by atoms with Gasteiger partial charge in [-0.1, -0.05) is 60.7 Å². The number of hydrogen-bond acceptors (Lipinski definition) is 3. The molecule has 1 aliphatic rings. The number of rotatable bonds is 5. The van der Waals surface area contributed by atoms with Crippen LogP contribution in [0.3, 0.4) is 0 Å². The lowest BCUT2D eigenvalue weighted by Crippen LogP contribution is -2.52. The molecule has 1 heterocycles. The number of benzene rings is 3. The van der Waals surface area contributed by atoms with Crippen molar-refractivity contribution in [3.63, 3.8) is 0 Å². The number of carbonyl (C=O) groups is 1. The topological polar surface area (TPSA) is 61.6 Å². The molecule has 0 aromatic heterocycles. The molecule has 2 atom stereocenters. The van der Waals surface area contributed by atoms with Crippen LogP contribution in [0.25, 0.3) is 0 Å². The van der Waals surface area contributed by atoms with Gasteiger partial charge in [-0.25, -0.2) is 4.79 Å². The quantitative estimate of drug-likeness (QED) is 0.535. The molecule has 0 saturated carbocycles. The van der Waals surface area contributed by atoms with Crippen LogP contribution in [-0.4, -0.2) is 42.0 Å². The van der Waals surface area contributed by atoms with E-state index < -0.39 is 11.7 Å². The van der Waals surface area contributed by atoms with Crippen molar-refractivity contribution in [3.05, 3.63) is 102 Å². The number of nitrogens with one attached hydrogen (secondary N) is 1. The van der Waals surface area contributed by atoms with Gasteiger partial charge in [0.25, 0.3) is 0 Å². The van der Waals surface area contributed by atoms with Crippen molar-refractivity contribution in [2.45, 2.75) is 18.3 Å². The Balaban J connectivity index is 1.42. The van der Waals surface area contributed by atoms with E-state index in [0.29, 0.717) is 31.9 Å². The second-order valence-corrected chi connectivity index (χ2v) is 8.32. The molecule has 3 N–H and O–H groups in total. The number of amides is 2. The standard InChI is InChI=1S/C26H27F3N4O/c27-26(28,29)21-11-13-22(14-12-21)31-25(34)33-17-15-32(16-18-33)24(20-9-5-2-6-10-20)23(30)19-7-3-1-4-8-19/h1-14,23-24H,15-18,30H2,(H,31,34). The largest absolute Gasteiger partial charge is 0.416 e. The van der Waals surface area contributed by atoms with Gasteiger partial charge in [-0.05, 0) is 35.4 Å². The number of urea groups is 1. The number of halogens is 3. The summed E-state index contributed by atoms with van der Waals surface area (Å²) in [7, 11) is 0. The molecule has 3 aromatic rings. The highest BCUT2D eigenvalue weighted by Gasteiger charge is 2.32. The maximum atomic E-state index is 12.8. The van der Waals surface area contributed by atoms with Crippen molar-refractivity contribution in [1.82, 2.24) is 9.80 Å². The van der Waals surface area contributed by atoms with E-state index >= 15 is 0 Å². The van der Waals surface area contributed by atoms with Crippen molar-refractivity contribution in [1.29, 1.82) is 0 Å².